The normalized spacial score (nSPS) is 11.7. The lowest BCUT2D eigenvalue weighted by atomic mass is 10.2. The molecule has 0 fully saturated rings. The average molecular weight is 320 g/mol. The predicted molar refractivity (Wildman–Crippen MR) is 86.1 cm³/mol. The van der Waals surface area contributed by atoms with E-state index >= 15 is 0 Å². The summed E-state index contributed by atoms with van der Waals surface area (Å²) in [6.07, 6.45) is 0.188. The highest BCUT2D eigenvalue weighted by Crippen LogP contribution is 2.17. The van der Waals surface area contributed by atoms with Gasteiger partial charge in [-0.3, -0.25) is 4.79 Å². The van der Waals surface area contributed by atoms with Gasteiger partial charge in [-0.15, -0.1) is 11.3 Å². The highest BCUT2D eigenvalue weighted by Gasteiger charge is 2.11. The highest BCUT2D eigenvalue weighted by molar-refractivity contribution is 7.07. The maximum atomic E-state index is 11.7. The third-order valence-corrected chi connectivity index (χ3v) is 4.08. The Kier molecular flexibility index (Phi) is 5.91. The van der Waals surface area contributed by atoms with Crippen LogP contribution in [0.5, 0.6) is 0 Å². The number of thiazole rings is 1. The summed E-state index contributed by atoms with van der Waals surface area (Å²) in [6.45, 7) is 4.55. The van der Waals surface area contributed by atoms with Crippen molar-refractivity contribution in [2.45, 2.75) is 26.8 Å². The Morgan fingerprint density at radius 1 is 1.41 bits per heavy atom. The quantitative estimate of drug-likeness (QED) is 0.830. The van der Waals surface area contributed by atoms with Crippen molar-refractivity contribution in [3.8, 4) is 0 Å². The van der Waals surface area contributed by atoms with Gasteiger partial charge in [0, 0.05) is 17.6 Å². The van der Waals surface area contributed by atoms with Gasteiger partial charge < -0.3 is 14.4 Å². The van der Waals surface area contributed by atoms with Crippen molar-refractivity contribution >= 4 is 23.0 Å². The second-order valence-corrected chi connectivity index (χ2v) is 5.60. The van der Waals surface area contributed by atoms with Crippen molar-refractivity contribution in [1.29, 1.82) is 0 Å². The lowest BCUT2D eigenvalue weighted by Gasteiger charge is -2.07. The van der Waals surface area contributed by atoms with Crippen LogP contribution in [0.3, 0.4) is 0 Å². The molecule has 0 amide bonds. The van der Waals surface area contributed by atoms with E-state index in [9.17, 15) is 9.90 Å². The molecule has 1 aromatic heterocycles. The highest BCUT2D eigenvalue weighted by atomic mass is 32.1. The van der Waals surface area contributed by atoms with Gasteiger partial charge in [-0.25, -0.2) is 4.99 Å². The number of aliphatic hydroxyl groups is 1. The third kappa shape index (κ3) is 4.05. The van der Waals surface area contributed by atoms with Gasteiger partial charge in [-0.2, -0.15) is 0 Å². The van der Waals surface area contributed by atoms with Gasteiger partial charge >= 0.3 is 5.97 Å². The van der Waals surface area contributed by atoms with Gasteiger partial charge in [0.15, 0.2) is 4.80 Å². The molecule has 0 saturated heterocycles. The number of nitrogens with zero attached hydrogens (tertiary/aromatic N) is 2. The molecule has 0 aliphatic heterocycles. The summed E-state index contributed by atoms with van der Waals surface area (Å²) in [5, 5.41) is 11.2. The van der Waals surface area contributed by atoms with Crippen molar-refractivity contribution < 1.29 is 14.6 Å². The second kappa shape index (κ2) is 7.91. The lowest BCUT2D eigenvalue weighted by Crippen LogP contribution is -2.21. The van der Waals surface area contributed by atoms with E-state index in [4.69, 9.17) is 4.74 Å². The number of rotatable bonds is 6. The van der Waals surface area contributed by atoms with Crippen LogP contribution in [-0.2, 0) is 22.5 Å². The first-order valence-corrected chi connectivity index (χ1v) is 8.07. The first-order valence-electron chi connectivity index (χ1n) is 7.19. The molecule has 0 spiro atoms. The minimum Gasteiger partial charge on any atom is -0.466 e. The number of carbonyl (C=O) groups is 1. The Labute approximate surface area is 133 Å². The number of carbonyl (C=O) groups excluding carboxylic acids is 1. The van der Waals surface area contributed by atoms with Crippen LogP contribution >= 0.6 is 11.3 Å². The summed E-state index contributed by atoms with van der Waals surface area (Å²) in [5.41, 5.74) is 2.78. The summed E-state index contributed by atoms with van der Waals surface area (Å²) in [6, 6.07) is 7.86. The number of aromatic nitrogens is 1. The van der Waals surface area contributed by atoms with Crippen LogP contribution in [-0.4, -0.2) is 28.9 Å². The van der Waals surface area contributed by atoms with E-state index in [1.165, 1.54) is 11.3 Å². The number of para-hydroxylation sites is 1. The van der Waals surface area contributed by atoms with E-state index in [0.717, 1.165) is 21.7 Å². The minimum atomic E-state index is -0.269. The summed E-state index contributed by atoms with van der Waals surface area (Å²) in [7, 11) is 0. The van der Waals surface area contributed by atoms with Crippen molar-refractivity contribution in [2.24, 2.45) is 4.99 Å². The molecule has 1 aromatic carbocycles. The Hall–Kier alpha value is -1.92. The molecule has 0 atom stereocenters. The molecule has 6 heteroatoms. The number of hydrogen-bond donors (Lipinski definition) is 1. The molecule has 0 unspecified atom stereocenters. The van der Waals surface area contributed by atoms with Crippen molar-refractivity contribution in [3.63, 3.8) is 0 Å². The number of hydrogen-bond acceptors (Lipinski definition) is 5. The molecule has 0 aliphatic carbocycles. The molecule has 0 saturated carbocycles. The molecule has 1 heterocycles. The topological polar surface area (TPSA) is 63.8 Å². The Morgan fingerprint density at radius 2 is 2.18 bits per heavy atom. The zero-order valence-electron chi connectivity index (χ0n) is 12.8. The standard InChI is InChI=1S/C16H20N2O3S/c1-3-21-15(20)10-13-11-22-16(18(13)8-9-19)17-14-7-5-4-6-12(14)2/h4-7,11,19H,3,8-10H2,1-2H3. The van der Waals surface area contributed by atoms with E-state index in [1.807, 2.05) is 41.1 Å². The van der Waals surface area contributed by atoms with Gasteiger partial charge in [0.05, 0.1) is 25.3 Å². The fourth-order valence-corrected chi connectivity index (χ4v) is 3.02. The van der Waals surface area contributed by atoms with Crippen LogP contribution in [0.1, 0.15) is 18.2 Å². The number of aryl methyl sites for hydroxylation is 1. The number of esters is 1. The van der Waals surface area contributed by atoms with E-state index < -0.39 is 0 Å². The molecule has 118 valence electrons. The average Bonchev–Trinajstić information content (AvgIpc) is 2.85. The monoisotopic (exact) mass is 320 g/mol. The maximum Gasteiger partial charge on any atom is 0.311 e. The van der Waals surface area contributed by atoms with Crippen LogP contribution in [0.4, 0.5) is 5.69 Å². The first kappa shape index (κ1) is 16.5. The predicted octanol–water partition coefficient (Wildman–Crippen LogP) is 2.19. The second-order valence-electron chi connectivity index (χ2n) is 4.76. The maximum absolute atomic E-state index is 11.7. The third-order valence-electron chi connectivity index (χ3n) is 3.16. The summed E-state index contributed by atoms with van der Waals surface area (Å²) < 4.78 is 6.85. The lowest BCUT2D eigenvalue weighted by molar-refractivity contribution is -0.142. The van der Waals surface area contributed by atoms with Crippen molar-refractivity contribution in [3.05, 3.63) is 45.7 Å². The molecule has 1 N–H and O–H groups in total. The molecule has 0 bridgehead atoms. The number of ether oxygens (including phenoxy) is 1. The van der Waals surface area contributed by atoms with Gasteiger partial charge in [-0.1, -0.05) is 18.2 Å². The molecule has 0 aliphatic rings. The molecule has 5 nitrogen and oxygen atoms in total. The van der Waals surface area contributed by atoms with Crippen LogP contribution < -0.4 is 4.80 Å². The fraction of sp³-hybridized carbons (Fsp3) is 0.375. The van der Waals surface area contributed by atoms with E-state index in [-0.39, 0.29) is 19.0 Å². The van der Waals surface area contributed by atoms with Crippen LogP contribution in [0.25, 0.3) is 0 Å². The molecule has 0 radical (unpaired) electrons. The Balaban J connectivity index is 2.38. The largest absolute Gasteiger partial charge is 0.466 e. The Morgan fingerprint density at radius 3 is 2.86 bits per heavy atom. The van der Waals surface area contributed by atoms with Gasteiger partial charge in [-0.05, 0) is 25.5 Å². The molecule has 2 rings (SSSR count). The summed E-state index contributed by atoms with van der Waals surface area (Å²) >= 11 is 1.46. The molecule has 22 heavy (non-hydrogen) atoms. The zero-order chi connectivity index (χ0) is 15.9. The fourth-order valence-electron chi connectivity index (χ4n) is 2.09. The van der Waals surface area contributed by atoms with E-state index in [2.05, 4.69) is 4.99 Å². The van der Waals surface area contributed by atoms with Gasteiger partial charge in [0.2, 0.25) is 0 Å². The van der Waals surface area contributed by atoms with Crippen LogP contribution in [0.15, 0.2) is 34.6 Å². The molecular formula is C16H20N2O3S. The van der Waals surface area contributed by atoms with Crippen molar-refractivity contribution in [2.75, 3.05) is 13.2 Å². The smallest absolute Gasteiger partial charge is 0.311 e. The van der Waals surface area contributed by atoms with E-state index in [1.54, 1.807) is 6.92 Å². The van der Waals surface area contributed by atoms with Crippen molar-refractivity contribution in [1.82, 2.24) is 4.57 Å². The molecular weight excluding hydrogens is 300 g/mol. The number of benzene rings is 1. The van der Waals surface area contributed by atoms with Gasteiger partial charge in [0.1, 0.15) is 0 Å². The summed E-state index contributed by atoms with van der Waals surface area (Å²) in [4.78, 5) is 17.1. The Bertz CT molecular complexity index is 703. The van der Waals surface area contributed by atoms with Gasteiger partial charge in [0.25, 0.3) is 0 Å². The van der Waals surface area contributed by atoms with E-state index in [0.29, 0.717) is 13.2 Å². The van der Waals surface area contributed by atoms with Crippen LogP contribution in [0, 0.1) is 6.92 Å². The molecule has 2 aromatic rings. The minimum absolute atomic E-state index is 0.00643. The SMILES string of the molecule is CCOC(=O)Cc1csc(=Nc2ccccc2C)n1CCO. The zero-order valence-corrected chi connectivity index (χ0v) is 13.6. The van der Waals surface area contributed by atoms with Crippen LogP contribution in [0.2, 0.25) is 0 Å². The first-order chi connectivity index (χ1) is 10.7. The number of aliphatic hydroxyl groups excluding tert-OH is 1. The summed E-state index contributed by atoms with van der Waals surface area (Å²) in [5.74, 6) is -0.269.